The van der Waals surface area contributed by atoms with Crippen LogP contribution in [0.25, 0.3) is 0 Å². The molecule has 0 saturated heterocycles. The fourth-order valence-corrected chi connectivity index (χ4v) is 3.61. The van der Waals surface area contributed by atoms with Gasteiger partial charge in [0.05, 0.1) is 11.3 Å². The van der Waals surface area contributed by atoms with Crippen LogP contribution in [0.5, 0.6) is 0 Å². The molecule has 0 unspecified atom stereocenters. The molecule has 8 heteroatoms. The Kier molecular flexibility index (Phi) is 6.66. The Labute approximate surface area is 172 Å². The highest BCUT2D eigenvalue weighted by atomic mass is 32.2. The van der Waals surface area contributed by atoms with Crippen molar-refractivity contribution in [2.24, 2.45) is 0 Å². The van der Waals surface area contributed by atoms with Crippen molar-refractivity contribution < 1.29 is 18.8 Å². The summed E-state index contributed by atoms with van der Waals surface area (Å²) in [6, 6.07) is 10.8. The summed E-state index contributed by atoms with van der Waals surface area (Å²) >= 11 is 1.35. The van der Waals surface area contributed by atoms with E-state index in [0.717, 1.165) is 22.6 Å². The normalized spacial score (nSPS) is 10.6. The predicted molar refractivity (Wildman–Crippen MR) is 110 cm³/mol. The van der Waals surface area contributed by atoms with Gasteiger partial charge in [-0.3, -0.25) is 4.79 Å². The van der Waals surface area contributed by atoms with Gasteiger partial charge >= 0.3 is 5.97 Å². The van der Waals surface area contributed by atoms with E-state index in [2.05, 4.69) is 15.5 Å². The van der Waals surface area contributed by atoms with Gasteiger partial charge in [-0.25, -0.2) is 9.78 Å². The molecule has 1 aromatic carbocycles. The molecule has 0 fully saturated rings. The van der Waals surface area contributed by atoms with E-state index < -0.39 is 11.9 Å². The quantitative estimate of drug-likeness (QED) is 0.462. The molecule has 0 atom stereocenters. The zero-order valence-corrected chi connectivity index (χ0v) is 17.2. The molecule has 2 aromatic heterocycles. The molecule has 0 saturated carbocycles. The van der Waals surface area contributed by atoms with E-state index in [4.69, 9.17) is 9.26 Å². The first-order valence-corrected chi connectivity index (χ1v) is 9.94. The molecule has 1 N–H and O–H groups in total. The van der Waals surface area contributed by atoms with Crippen LogP contribution in [0.2, 0.25) is 0 Å². The standard InChI is InChI=1S/C21H21N3O4S/c1-13-7-14(2)9-16(8-13)23-19(25)11-27-21(26)18-5-4-6-22-20(18)29-12-17-10-15(3)28-24-17/h4-10H,11-12H2,1-3H3,(H,23,25). The van der Waals surface area contributed by atoms with Crippen molar-refractivity contribution in [1.29, 1.82) is 0 Å². The lowest BCUT2D eigenvalue weighted by atomic mass is 10.1. The molecule has 3 rings (SSSR count). The molecule has 2 heterocycles. The highest BCUT2D eigenvalue weighted by Crippen LogP contribution is 2.24. The lowest BCUT2D eigenvalue weighted by Gasteiger charge is -2.09. The molecule has 0 aliphatic carbocycles. The smallest absolute Gasteiger partial charge is 0.341 e. The van der Waals surface area contributed by atoms with Crippen LogP contribution in [0, 0.1) is 20.8 Å². The summed E-state index contributed by atoms with van der Waals surface area (Å²) in [5.74, 6) is 0.213. The van der Waals surface area contributed by atoms with Crippen LogP contribution in [-0.2, 0) is 15.3 Å². The number of nitrogens with one attached hydrogen (secondary N) is 1. The molecule has 0 radical (unpaired) electrons. The highest BCUT2D eigenvalue weighted by molar-refractivity contribution is 7.98. The molecule has 1 amide bonds. The van der Waals surface area contributed by atoms with Gasteiger partial charge in [0.15, 0.2) is 6.61 Å². The maximum Gasteiger partial charge on any atom is 0.341 e. The Bertz CT molecular complexity index is 1010. The second kappa shape index (κ2) is 9.38. The molecule has 0 aliphatic rings. The van der Waals surface area contributed by atoms with Crippen LogP contribution in [0.4, 0.5) is 5.69 Å². The molecule has 150 valence electrons. The van der Waals surface area contributed by atoms with Crippen LogP contribution >= 0.6 is 11.8 Å². The fraction of sp³-hybridized carbons (Fsp3) is 0.238. The number of anilines is 1. The number of esters is 1. The number of rotatable bonds is 7. The van der Waals surface area contributed by atoms with Crippen molar-refractivity contribution in [2.45, 2.75) is 31.6 Å². The van der Waals surface area contributed by atoms with E-state index in [1.54, 1.807) is 18.3 Å². The largest absolute Gasteiger partial charge is 0.452 e. The SMILES string of the molecule is Cc1cc(C)cc(NC(=O)COC(=O)c2cccnc2SCc2cc(C)on2)c1. The number of carbonyl (C=O) groups excluding carboxylic acids is 2. The average Bonchev–Trinajstić information content (AvgIpc) is 3.09. The van der Waals surface area contributed by atoms with Gasteiger partial charge in [0.2, 0.25) is 0 Å². The van der Waals surface area contributed by atoms with Crippen molar-refractivity contribution >= 4 is 29.3 Å². The van der Waals surface area contributed by atoms with Crippen molar-refractivity contribution in [1.82, 2.24) is 10.1 Å². The number of hydrogen-bond acceptors (Lipinski definition) is 7. The van der Waals surface area contributed by atoms with E-state index >= 15 is 0 Å². The number of aryl methyl sites for hydroxylation is 3. The minimum atomic E-state index is -0.604. The summed E-state index contributed by atoms with van der Waals surface area (Å²) in [4.78, 5) is 28.8. The third-order valence-corrected chi connectivity index (χ3v) is 4.90. The number of carbonyl (C=O) groups is 2. The Balaban J connectivity index is 1.58. The number of aromatic nitrogens is 2. The number of thioether (sulfide) groups is 1. The van der Waals surface area contributed by atoms with E-state index in [1.165, 1.54) is 11.8 Å². The van der Waals surface area contributed by atoms with Crippen molar-refractivity contribution in [3.63, 3.8) is 0 Å². The number of hydrogen-bond donors (Lipinski definition) is 1. The van der Waals surface area contributed by atoms with Crippen LogP contribution in [-0.4, -0.2) is 28.6 Å². The van der Waals surface area contributed by atoms with Crippen molar-refractivity contribution in [2.75, 3.05) is 11.9 Å². The molecule has 29 heavy (non-hydrogen) atoms. The average molecular weight is 411 g/mol. The lowest BCUT2D eigenvalue weighted by molar-refractivity contribution is -0.119. The Morgan fingerprint density at radius 3 is 2.59 bits per heavy atom. The van der Waals surface area contributed by atoms with Gasteiger partial charge in [0.1, 0.15) is 10.8 Å². The van der Waals surface area contributed by atoms with Gasteiger partial charge in [-0.2, -0.15) is 0 Å². The van der Waals surface area contributed by atoms with E-state index in [9.17, 15) is 9.59 Å². The minimum absolute atomic E-state index is 0.303. The maximum absolute atomic E-state index is 12.5. The van der Waals surface area contributed by atoms with Crippen LogP contribution < -0.4 is 5.32 Å². The zero-order valence-electron chi connectivity index (χ0n) is 16.4. The molecule has 0 spiro atoms. The van der Waals surface area contributed by atoms with Crippen LogP contribution in [0.1, 0.15) is 32.9 Å². The first-order valence-electron chi connectivity index (χ1n) is 8.96. The van der Waals surface area contributed by atoms with E-state index in [0.29, 0.717) is 22.0 Å². The monoisotopic (exact) mass is 411 g/mol. The summed E-state index contributed by atoms with van der Waals surface area (Å²) in [6.07, 6.45) is 1.60. The lowest BCUT2D eigenvalue weighted by Crippen LogP contribution is -2.21. The number of benzene rings is 1. The van der Waals surface area contributed by atoms with Gasteiger partial charge in [-0.05, 0) is 56.2 Å². The predicted octanol–water partition coefficient (Wildman–Crippen LogP) is 4.08. The number of amides is 1. The Morgan fingerprint density at radius 2 is 1.90 bits per heavy atom. The second-order valence-corrected chi connectivity index (χ2v) is 7.54. The van der Waals surface area contributed by atoms with Gasteiger partial charge in [0, 0.05) is 23.7 Å². The Hall–Kier alpha value is -3.13. The van der Waals surface area contributed by atoms with Gasteiger partial charge < -0.3 is 14.6 Å². The zero-order chi connectivity index (χ0) is 20.8. The van der Waals surface area contributed by atoms with Crippen molar-refractivity contribution in [3.8, 4) is 0 Å². The van der Waals surface area contributed by atoms with Crippen LogP contribution in [0.3, 0.4) is 0 Å². The number of ether oxygens (including phenoxy) is 1. The van der Waals surface area contributed by atoms with Gasteiger partial charge in [0.25, 0.3) is 5.91 Å². The molecule has 0 aliphatic heterocycles. The third kappa shape index (κ3) is 5.92. The molecular weight excluding hydrogens is 390 g/mol. The number of nitrogens with zero attached hydrogens (tertiary/aromatic N) is 2. The summed E-state index contributed by atoms with van der Waals surface area (Å²) in [5.41, 5.74) is 3.81. The number of pyridine rings is 1. The molecular formula is C21H21N3O4S. The molecule has 3 aromatic rings. The second-order valence-electron chi connectivity index (χ2n) is 6.57. The maximum atomic E-state index is 12.5. The van der Waals surface area contributed by atoms with Crippen molar-refractivity contribution in [3.05, 3.63) is 70.7 Å². The minimum Gasteiger partial charge on any atom is -0.452 e. The van der Waals surface area contributed by atoms with E-state index in [1.807, 2.05) is 45.0 Å². The summed E-state index contributed by atoms with van der Waals surface area (Å²) < 4.78 is 10.2. The first-order chi connectivity index (χ1) is 13.9. The highest BCUT2D eigenvalue weighted by Gasteiger charge is 2.16. The van der Waals surface area contributed by atoms with Gasteiger partial charge in [-0.15, -0.1) is 0 Å². The molecule has 0 bridgehead atoms. The summed E-state index contributed by atoms with van der Waals surface area (Å²) in [6.45, 7) is 5.33. The van der Waals surface area contributed by atoms with Gasteiger partial charge in [-0.1, -0.05) is 23.0 Å². The topological polar surface area (TPSA) is 94.3 Å². The summed E-state index contributed by atoms with van der Waals surface area (Å²) in [5, 5.41) is 7.17. The summed E-state index contributed by atoms with van der Waals surface area (Å²) in [7, 11) is 0. The van der Waals surface area contributed by atoms with Crippen LogP contribution in [0.15, 0.2) is 52.1 Å². The first kappa shape index (κ1) is 20.6. The Morgan fingerprint density at radius 1 is 1.14 bits per heavy atom. The fourth-order valence-electron chi connectivity index (χ4n) is 2.74. The molecule has 7 nitrogen and oxygen atoms in total. The third-order valence-electron chi connectivity index (χ3n) is 3.86. The van der Waals surface area contributed by atoms with E-state index in [-0.39, 0.29) is 6.61 Å².